The molecule has 0 aliphatic rings. The molecule has 0 fully saturated rings. The second-order valence-corrected chi connectivity index (χ2v) is 4.53. The highest BCUT2D eigenvalue weighted by Gasteiger charge is 2.34. The maximum absolute atomic E-state index is 12.7. The molecule has 0 spiro atoms. The van der Waals surface area contributed by atoms with Crippen molar-refractivity contribution in [3.8, 4) is 0 Å². The van der Waals surface area contributed by atoms with E-state index in [1.165, 1.54) is 6.07 Å². The van der Waals surface area contributed by atoms with Gasteiger partial charge in [0.25, 0.3) is 0 Å². The van der Waals surface area contributed by atoms with E-state index in [2.05, 4.69) is 0 Å². The summed E-state index contributed by atoms with van der Waals surface area (Å²) in [5, 5.41) is 9.32. The van der Waals surface area contributed by atoms with E-state index in [1.54, 1.807) is 0 Å². The molecule has 0 radical (unpaired) electrons. The maximum Gasteiger partial charge on any atom is 0.417 e. The summed E-state index contributed by atoms with van der Waals surface area (Å²) in [6.07, 6.45) is -4.25. The molecule has 19 heavy (non-hydrogen) atoms. The minimum absolute atomic E-state index is 0. The van der Waals surface area contributed by atoms with E-state index in [0.717, 1.165) is 12.1 Å². The first-order valence-corrected chi connectivity index (χ1v) is 5.95. The summed E-state index contributed by atoms with van der Waals surface area (Å²) < 4.78 is 38.0. The van der Waals surface area contributed by atoms with Crippen LogP contribution in [0.3, 0.4) is 0 Å². The smallest absolute Gasteiger partial charge is 0.391 e. The first kappa shape index (κ1) is 18.5. The Hall–Kier alpha value is -0.490. The molecule has 2 nitrogen and oxygen atoms in total. The zero-order chi connectivity index (χ0) is 13.9. The van der Waals surface area contributed by atoms with Gasteiger partial charge < -0.3 is 10.8 Å². The first-order chi connectivity index (χ1) is 8.27. The number of nitrogens with two attached hydrogens (primary N) is 1. The normalized spacial score (nSPS) is 14.7. The molecule has 3 N–H and O–H groups in total. The van der Waals surface area contributed by atoms with Crippen molar-refractivity contribution < 1.29 is 18.3 Å². The van der Waals surface area contributed by atoms with E-state index in [9.17, 15) is 18.3 Å². The van der Waals surface area contributed by atoms with E-state index < -0.39 is 23.9 Å². The summed E-state index contributed by atoms with van der Waals surface area (Å²) in [6, 6.07) is 2.61. The van der Waals surface area contributed by atoms with Crippen molar-refractivity contribution in [3.05, 3.63) is 34.3 Å². The van der Waals surface area contributed by atoms with Gasteiger partial charge in [0.15, 0.2) is 0 Å². The Morgan fingerprint density at radius 1 is 1.37 bits per heavy atom. The molecule has 1 aromatic rings. The van der Waals surface area contributed by atoms with Gasteiger partial charge in [0, 0.05) is 0 Å². The van der Waals surface area contributed by atoms with Gasteiger partial charge in [0.05, 0.1) is 22.7 Å². The molecule has 0 aromatic heterocycles. The van der Waals surface area contributed by atoms with Crippen molar-refractivity contribution in [1.29, 1.82) is 0 Å². The van der Waals surface area contributed by atoms with Crippen molar-refractivity contribution in [1.82, 2.24) is 0 Å². The van der Waals surface area contributed by atoms with Gasteiger partial charge in [-0.3, -0.25) is 0 Å². The zero-order valence-electron chi connectivity index (χ0n) is 10.2. The van der Waals surface area contributed by atoms with Gasteiger partial charge in [0.2, 0.25) is 0 Å². The van der Waals surface area contributed by atoms with E-state index in [4.69, 9.17) is 17.3 Å². The van der Waals surface area contributed by atoms with Crippen molar-refractivity contribution in [3.63, 3.8) is 0 Å². The number of aliphatic hydroxyl groups excluding tert-OH is 1. The molecule has 1 rings (SSSR count). The predicted molar refractivity (Wildman–Crippen MR) is 71.5 cm³/mol. The van der Waals surface area contributed by atoms with Gasteiger partial charge in [-0.05, 0) is 24.1 Å². The maximum atomic E-state index is 12.7. The number of hydrogen-bond donors (Lipinski definition) is 2. The second kappa shape index (κ2) is 7.33. The lowest BCUT2D eigenvalue weighted by atomic mass is 9.97. The van der Waals surface area contributed by atoms with Crippen molar-refractivity contribution in [2.75, 3.05) is 0 Å². The quantitative estimate of drug-likeness (QED) is 0.883. The Kier molecular flexibility index (Phi) is 7.15. The standard InChI is InChI=1S/C12H15ClF3NO.ClH/c1-2-3-10(18)11(17)7-4-5-9(13)8(6-7)12(14,15)16;/h4-6,10-11,18H,2-3,17H2,1H3;1H/t10-,11+;/m1./s1. The van der Waals surface area contributed by atoms with Crippen molar-refractivity contribution >= 4 is 24.0 Å². The number of hydrogen-bond acceptors (Lipinski definition) is 2. The molecule has 0 heterocycles. The van der Waals surface area contributed by atoms with E-state index >= 15 is 0 Å². The number of aliphatic hydroxyl groups is 1. The predicted octanol–water partition coefficient (Wildman–Crippen LogP) is 3.94. The van der Waals surface area contributed by atoms with E-state index in [1.807, 2.05) is 6.92 Å². The lowest BCUT2D eigenvalue weighted by Gasteiger charge is -2.20. The third kappa shape index (κ3) is 4.84. The Balaban J connectivity index is 0.00000324. The highest BCUT2D eigenvalue weighted by Crippen LogP contribution is 2.36. The van der Waals surface area contributed by atoms with Crippen LogP contribution >= 0.6 is 24.0 Å². The fraction of sp³-hybridized carbons (Fsp3) is 0.500. The van der Waals surface area contributed by atoms with Crippen LogP contribution in [0, 0.1) is 0 Å². The number of benzene rings is 1. The highest BCUT2D eigenvalue weighted by atomic mass is 35.5. The average molecular weight is 318 g/mol. The molecule has 0 amide bonds. The van der Waals surface area contributed by atoms with Crippen LogP contribution in [0.2, 0.25) is 5.02 Å². The van der Waals surface area contributed by atoms with Gasteiger partial charge in [0.1, 0.15) is 0 Å². The van der Waals surface area contributed by atoms with E-state index in [0.29, 0.717) is 12.8 Å². The minimum Gasteiger partial charge on any atom is -0.391 e. The number of rotatable bonds is 4. The monoisotopic (exact) mass is 317 g/mol. The first-order valence-electron chi connectivity index (χ1n) is 5.57. The van der Waals surface area contributed by atoms with E-state index in [-0.39, 0.29) is 23.0 Å². The topological polar surface area (TPSA) is 46.2 Å². The average Bonchev–Trinajstić information content (AvgIpc) is 2.27. The zero-order valence-corrected chi connectivity index (χ0v) is 11.8. The number of halogens is 5. The molecule has 0 saturated carbocycles. The Morgan fingerprint density at radius 3 is 2.42 bits per heavy atom. The number of alkyl halides is 3. The van der Waals surface area contributed by atoms with Gasteiger partial charge in [-0.2, -0.15) is 13.2 Å². The summed E-state index contributed by atoms with van der Waals surface area (Å²) in [5.41, 5.74) is 5.03. The Bertz CT molecular complexity index is 412. The van der Waals surface area contributed by atoms with Gasteiger partial charge in [-0.15, -0.1) is 12.4 Å². The molecular weight excluding hydrogens is 302 g/mol. The van der Waals surface area contributed by atoms with Crippen LogP contribution in [-0.4, -0.2) is 11.2 Å². The second-order valence-electron chi connectivity index (χ2n) is 4.12. The van der Waals surface area contributed by atoms with Crippen molar-refractivity contribution in [2.45, 2.75) is 38.1 Å². The van der Waals surface area contributed by atoms with Crippen LogP contribution in [0.1, 0.15) is 36.9 Å². The molecule has 0 bridgehead atoms. The Labute approximate surface area is 121 Å². The summed E-state index contributed by atoms with van der Waals surface area (Å²) in [7, 11) is 0. The van der Waals surface area contributed by atoms with Gasteiger partial charge in [-0.25, -0.2) is 0 Å². The molecule has 0 aliphatic carbocycles. The third-order valence-electron chi connectivity index (χ3n) is 2.68. The summed E-state index contributed by atoms with van der Waals surface area (Å²) in [5.74, 6) is 0. The van der Waals surface area contributed by atoms with Crippen LogP contribution in [0.25, 0.3) is 0 Å². The lowest BCUT2D eigenvalue weighted by Crippen LogP contribution is -2.26. The fourth-order valence-electron chi connectivity index (χ4n) is 1.66. The van der Waals surface area contributed by atoms with Crippen LogP contribution in [0.15, 0.2) is 18.2 Å². The SMILES string of the molecule is CCC[C@@H](O)[C@@H](N)c1ccc(Cl)c(C(F)(F)F)c1.Cl. The molecule has 0 saturated heterocycles. The van der Waals surface area contributed by atoms with Crippen LogP contribution in [0.5, 0.6) is 0 Å². The van der Waals surface area contributed by atoms with Crippen molar-refractivity contribution in [2.24, 2.45) is 5.73 Å². The van der Waals surface area contributed by atoms with Crippen LogP contribution in [0.4, 0.5) is 13.2 Å². The summed E-state index contributed by atoms with van der Waals surface area (Å²) in [4.78, 5) is 0. The molecule has 0 aliphatic heterocycles. The largest absolute Gasteiger partial charge is 0.417 e. The molecule has 2 atom stereocenters. The molecule has 1 aromatic carbocycles. The lowest BCUT2D eigenvalue weighted by molar-refractivity contribution is -0.137. The Morgan fingerprint density at radius 2 is 1.95 bits per heavy atom. The van der Waals surface area contributed by atoms with Crippen LogP contribution in [-0.2, 0) is 6.18 Å². The summed E-state index contributed by atoms with van der Waals surface area (Å²) >= 11 is 5.50. The third-order valence-corrected chi connectivity index (χ3v) is 3.01. The van der Waals surface area contributed by atoms with Gasteiger partial charge >= 0.3 is 6.18 Å². The summed E-state index contributed by atoms with van der Waals surface area (Å²) in [6.45, 7) is 1.86. The highest BCUT2D eigenvalue weighted by molar-refractivity contribution is 6.31. The molecule has 7 heteroatoms. The fourth-order valence-corrected chi connectivity index (χ4v) is 1.89. The van der Waals surface area contributed by atoms with Gasteiger partial charge in [-0.1, -0.05) is 31.0 Å². The molecule has 0 unspecified atom stereocenters. The minimum atomic E-state index is -4.53. The molecular formula is C12H16Cl2F3NO. The molecule has 110 valence electrons. The van der Waals surface area contributed by atoms with Crippen LogP contribution < -0.4 is 5.73 Å².